The fourth-order valence-corrected chi connectivity index (χ4v) is 3.24. The van der Waals surface area contributed by atoms with E-state index in [-0.39, 0.29) is 18.7 Å². The molecule has 0 saturated carbocycles. The van der Waals surface area contributed by atoms with Gasteiger partial charge in [-0.3, -0.25) is 4.79 Å². The fourth-order valence-electron chi connectivity index (χ4n) is 2.99. The van der Waals surface area contributed by atoms with Crippen LogP contribution < -0.4 is 10.1 Å². The summed E-state index contributed by atoms with van der Waals surface area (Å²) in [5.74, 6) is -0.927. The van der Waals surface area contributed by atoms with E-state index in [0.29, 0.717) is 22.9 Å². The molecule has 0 aliphatic heterocycles. The summed E-state index contributed by atoms with van der Waals surface area (Å²) in [6, 6.07) is 23.0. The van der Waals surface area contributed by atoms with Crippen LogP contribution in [0, 0.1) is 0 Å². The molecule has 3 aromatic carbocycles. The molecule has 0 spiro atoms. The zero-order valence-corrected chi connectivity index (χ0v) is 17.0. The van der Waals surface area contributed by atoms with E-state index in [2.05, 4.69) is 5.32 Å². The van der Waals surface area contributed by atoms with Gasteiger partial charge in [0, 0.05) is 6.42 Å². The average molecular weight is 424 g/mol. The molecule has 154 valence electrons. The van der Waals surface area contributed by atoms with Crippen molar-refractivity contribution in [2.24, 2.45) is 0 Å². The van der Waals surface area contributed by atoms with E-state index in [9.17, 15) is 14.7 Å². The molecule has 6 heteroatoms. The molecule has 1 amide bonds. The topological polar surface area (TPSA) is 75.6 Å². The van der Waals surface area contributed by atoms with E-state index in [1.807, 2.05) is 60.7 Å². The standard InChI is InChI=1S/C24H22ClNO4/c25-20-13-19(11-12-22(20)30-16-18-9-5-2-6-10-18)14-21(24(28)29)26-23(27)15-17-7-3-1-4-8-17/h1-13,21H,14-16H2,(H,26,27)(H,28,29)/t21-/m1/s1. The Morgan fingerprint density at radius 2 is 1.53 bits per heavy atom. The summed E-state index contributed by atoms with van der Waals surface area (Å²) >= 11 is 6.31. The largest absolute Gasteiger partial charge is 0.487 e. The van der Waals surface area contributed by atoms with E-state index >= 15 is 0 Å². The van der Waals surface area contributed by atoms with Crippen molar-refractivity contribution in [1.82, 2.24) is 5.32 Å². The number of hydrogen-bond acceptors (Lipinski definition) is 3. The number of ether oxygens (including phenoxy) is 1. The van der Waals surface area contributed by atoms with Crippen LogP contribution in [-0.4, -0.2) is 23.0 Å². The third kappa shape index (κ3) is 6.36. The molecule has 0 bridgehead atoms. The fraction of sp³-hybridized carbons (Fsp3) is 0.167. The summed E-state index contributed by atoms with van der Waals surface area (Å²) in [4.78, 5) is 23.9. The highest BCUT2D eigenvalue weighted by Gasteiger charge is 2.21. The lowest BCUT2D eigenvalue weighted by molar-refractivity contribution is -0.141. The van der Waals surface area contributed by atoms with E-state index in [0.717, 1.165) is 11.1 Å². The van der Waals surface area contributed by atoms with Crippen LogP contribution in [0.2, 0.25) is 5.02 Å². The van der Waals surface area contributed by atoms with E-state index in [4.69, 9.17) is 16.3 Å². The molecule has 0 radical (unpaired) electrons. The van der Waals surface area contributed by atoms with Crippen molar-refractivity contribution in [1.29, 1.82) is 0 Å². The number of hydrogen-bond donors (Lipinski definition) is 2. The van der Waals surface area contributed by atoms with Crippen molar-refractivity contribution < 1.29 is 19.4 Å². The van der Waals surface area contributed by atoms with Crippen LogP contribution in [0.25, 0.3) is 0 Å². The molecule has 0 aliphatic rings. The molecule has 30 heavy (non-hydrogen) atoms. The third-order valence-corrected chi connectivity index (χ3v) is 4.81. The molecule has 0 aliphatic carbocycles. The van der Waals surface area contributed by atoms with Gasteiger partial charge in [-0.15, -0.1) is 0 Å². The van der Waals surface area contributed by atoms with Gasteiger partial charge in [0.2, 0.25) is 5.91 Å². The molecule has 0 heterocycles. The molecule has 2 N–H and O–H groups in total. The minimum atomic E-state index is -1.10. The molecule has 0 unspecified atom stereocenters. The van der Waals surface area contributed by atoms with Crippen LogP contribution in [-0.2, 0) is 29.0 Å². The summed E-state index contributed by atoms with van der Waals surface area (Å²) in [6.07, 6.45) is 0.242. The van der Waals surface area contributed by atoms with Gasteiger partial charge in [0.25, 0.3) is 0 Å². The van der Waals surface area contributed by atoms with Gasteiger partial charge in [0.15, 0.2) is 0 Å². The first kappa shape index (κ1) is 21.4. The molecule has 5 nitrogen and oxygen atoms in total. The quantitative estimate of drug-likeness (QED) is 0.538. The second kappa shape index (κ2) is 10.5. The monoisotopic (exact) mass is 423 g/mol. The van der Waals surface area contributed by atoms with Crippen molar-refractivity contribution in [3.8, 4) is 5.75 Å². The number of carboxylic acid groups (broad SMARTS) is 1. The Hall–Kier alpha value is -3.31. The van der Waals surface area contributed by atoms with Crippen molar-refractivity contribution in [2.45, 2.75) is 25.5 Å². The van der Waals surface area contributed by atoms with Gasteiger partial charge in [-0.1, -0.05) is 78.3 Å². The number of halogens is 1. The number of rotatable bonds is 9. The third-order valence-electron chi connectivity index (χ3n) is 4.51. The SMILES string of the molecule is O=C(Cc1ccccc1)N[C@H](Cc1ccc(OCc2ccccc2)c(Cl)c1)C(=O)O. The van der Waals surface area contributed by atoms with Gasteiger partial charge in [0.1, 0.15) is 18.4 Å². The summed E-state index contributed by atoms with van der Waals surface area (Å²) in [6.45, 7) is 0.382. The van der Waals surface area contributed by atoms with Crippen molar-refractivity contribution in [2.75, 3.05) is 0 Å². The van der Waals surface area contributed by atoms with Crippen LogP contribution in [0.4, 0.5) is 0 Å². The van der Waals surface area contributed by atoms with Crippen LogP contribution in [0.3, 0.4) is 0 Å². The van der Waals surface area contributed by atoms with Gasteiger partial charge in [-0.25, -0.2) is 4.79 Å². The van der Waals surface area contributed by atoms with E-state index < -0.39 is 12.0 Å². The van der Waals surface area contributed by atoms with Crippen LogP contribution in [0.5, 0.6) is 5.75 Å². The number of carbonyl (C=O) groups is 2. The summed E-state index contributed by atoms with van der Waals surface area (Å²) in [7, 11) is 0. The van der Waals surface area contributed by atoms with Crippen LogP contribution in [0.1, 0.15) is 16.7 Å². The van der Waals surface area contributed by atoms with Crippen molar-refractivity contribution in [3.05, 3.63) is 101 Å². The second-order valence-corrected chi connectivity index (χ2v) is 7.27. The lowest BCUT2D eigenvalue weighted by Gasteiger charge is -2.16. The number of nitrogens with one attached hydrogen (secondary N) is 1. The second-order valence-electron chi connectivity index (χ2n) is 6.86. The molecule has 3 aromatic rings. The number of benzene rings is 3. The van der Waals surface area contributed by atoms with Crippen LogP contribution >= 0.6 is 11.6 Å². The molecular formula is C24H22ClNO4. The molecule has 0 fully saturated rings. The Morgan fingerprint density at radius 1 is 0.900 bits per heavy atom. The molecule has 1 atom stereocenters. The summed E-state index contributed by atoms with van der Waals surface area (Å²) in [5.41, 5.74) is 2.53. The summed E-state index contributed by atoms with van der Waals surface area (Å²) in [5, 5.41) is 12.5. The lowest BCUT2D eigenvalue weighted by atomic mass is 10.0. The molecular weight excluding hydrogens is 402 g/mol. The predicted molar refractivity (Wildman–Crippen MR) is 116 cm³/mol. The summed E-state index contributed by atoms with van der Waals surface area (Å²) < 4.78 is 5.74. The first-order valence-corrected chi connectivity index (χ1v) is 9.90. The molecule has 0 aromatic heterocycles. The van der Waals surface area contributed by atoms with Gasteiger partial charge in [-0.05, 0) is 28.8 Å². The van der Waals surface area contributed by atoms with E-state index in [1.54, 1.807) is 18.2 Å². The normalized spacial score (nSPS) is 11.5. The zero-order chi connectivity index (χ0) is 21.3. The molecule has 0 saturated heterocycles. The maximum atomic E-state index is 12.2. The number of aliphatic carboxylic acids is 1. The maximum absolute atomic E-state index is 12.2. The van der Waals surface area contributed by atoms with Gasteiger partial charge in [-0.2, -0.15) is 0 Å². The Kier molecular flexibility index (Phi) is 7.46. The predicted octanol–water partition coefficient (Wildman–Crippen LogP) is 4.27. The van der Waals surface area contributed by atoms with Gasteiger partial charge < -0.3 is 15.2 Å². The highest BCUT2D eigenvalue weighted by atomic mass is 35.5. The highest BCUT2D eigenvalue weighted by molar-refractivity contribution is 6.32. The highest BCUT2D eigenvalue weighted by Crippen LogP contribution is 2.27. The zero-order valence-electron chi connectivity index (χ0n) is 16.3. The lowest BCUT2D eigenvalue weighted by Crippen LogP contribution is -2.43. The van der Waals surface area contributed by atoms with Crippen molar-refractivity contribution in [3.63, 3.8) is 0 Å². The van der Waals surface area contributed by atoms with Gasteiger partial charge >= 0.3 is 5.97 Å². The Labute approximate surface area is 180 Å². The van der Waals surface area contributed by atoms with Crippen LogP contribution in [0.15, 0.2) is 78.9 Å². The minimum Gasteiger partial charge on any atom is -0.487 e. The average Bonchev–Trinajstić information content (AvgIpc) is 2.74. The number of amides is 1. The smallest absolute Gasteiger partial charge is 0.326 e. The Morgan fingerprint density at radius 3 is 2.13 bits per heavy atom. The van der Waals surface area contributed by atoms with Gasteiger partial charge in [0.05, 0.1) is 11.4 Å². The van der Waals surface area contributed by atoms with E-state index in [1.165, 1.54) is 0 Å². The first-order valence-electron chi connectivity index (χ1n) is 9.52. The Bertz CT molecular complexity index is 993. The minimum absolute atomic E-state index is 0.120. The first-order chi connectivity index (χ1) is 14.5. The number of carboxylic acids is 1. The molecule has 3 rings (SSSR count). The maximum Gasteiger partial charge on any atom is 0.326 e. The Balaban J connectivity index is 1.60. The number of carbonyl (C=O) groups excluding carboxylic acids is 1. The van der Waals surface area contributed by atoms with Crippen molar-refractivity contribution >= 4 is 23.5 Å².